The molecule has 0 amide bonds. The average molecular weight is 192 g/mol. The van der Waals surface area contributed by atoms with Gasteiger partial charge in [0, 0.05) is 6.42 Å². The van der Waals surface area contributed by atoms with Crippen LogP contribution in [0.25, 0.3) is 0 Å². The highest BCUT2D eigenvalue weighted by atomic mass is 16.4. The molecule has 2 nitrogen and oxygen atoms in total. The lowest BCUT2D eigenvalue weighted by atomic mass is 9.05. The summed E-state index contributed by atoms with van der Waals surface area (Å²) in [5, 5.41) is 8.86. The van der Waals surface area contributed by atoms with Crippen molar-refractivity contribution < 1.29 is 9.90 Å². The van der Waals surface area contributed by atoms with Gasteiger partial charge in [0.1, 0.15) is 0 Å². The second kappa shape index (κ2) is 1.66. The van der Waals surface area contributed by atoms with Gasteiger partial charge in [0.25, 0.3) is 0 Å². The van der Waals surface area contributed by atoms with Crippen LogP contribution in [0.5, 0.6) is 0 Å². The van der Waals surface area contributed by atoms with Gasteiger partial charge >= 0.3 is 5.97 Å². The van der Waals surface area contributed by atoms with Crippen LogP contribution in [0.3, 0.4) is 0 Å². The van der Waals surface area contributed by atoms with Crippen LogP contribution in [-0.4, -0.2) is 11.1 Å². The summed E-state index contributed by atoms with van der Waals surface area (Å²) >= 11 is 0. The number of carboxylic acids is 1. The highest BCUT2D eigenvalue weighted by Gasteiger charge is 2.94. The van der Waals surface area contributed by atoms with Crippen molar-refractivity contribution in [2.24, 2.45) is 40.4 Å². The first-order valence-corrected chi connectivity index (χ1v) is 5.74. The van der Waals surface area contributed by atoms with E-state index in [1.54, 1.807) is 0 Å². The number of fused-ring (bicyclic) bond motifs is 2. The van der Waals surface area contributed by atoms with Crippen LogP contribution >= 0.6 is 0 Å². The lowest BCUT2D eigenvalue weighted by Crippen LogP contribution is -2.95. The van der Waals surface area contributed by atoms with Crippen LogP contribution in [0.15, 0.2) is 0 Å². The van der Waals surface area contributed by atoms with E-state index in [1.165, 1.54) is 6.42 Å². The van der Waals surface area contributed by atoms with E-state index in [0.717, 1.165) is 23.7 Å². The van der Waals surface area contributed by atoms with E-state index in [0.29, 0.717) is 23.2 Å². The third-order valence-corrected chi connectivity index (χ3v) is 6.79. The van der Waals surface area contributed by atoms with Crippen molar-refractivity contribution in [1.82, 2.24) is 0 Å². The maximum Gasteiger partial charge on any atom is 0.303 e. The first-order chi connectivity index (χ1) is 6.53. The fourth-order valence-corrected chi connectivity index (χ4v) is 6.35. The third-order valence-electron chi connectivity index (χ3n) is 6.79. The standard InChI is InChI=1S/C12H16O2/c1-11-6-4-7(11)10-5(3-8(13)14)9(6)12(10,11)2/h5-7,9-10H,3-4H2,1-2H3,(H,13,14). The Morgan fingerprint density at radius 2 is 1.86 bits per heavy atom. The quantitative estimate of drug-likeness (QED) is 0.726. The smallest absolute Gasteiger partial charge is 0.303 e. The molecule has 0 heterocycles. The zero-order valence-corrected chi connectivity index (χ0v) is 8.66. The van der Waals surface area contributed by atoms with Gasteiger partial charge in [-0.1, -0.05) is 13.8 Å². The van der Waals surface area contributed by atoms with Gasteiger partial charge in [-0.2, -0.15) is 0 Å². The SMILES string of the molecule is CC12C3CC1C1C(CC(=O)O)C3C12C. The summed E-state index contributed by atoms with van der Waals surface area (Å²) in [5.41, 5.74) is 1.22. The molecule has 0 bridgehead atoms. The minimum absolute atomic E-state index is 0.438. The topological polar surface area (TPSA) is 37.3 Å². The molecule has 1 N–H and O–H groups in total. The number of hydrogen-bond acceptors (Lipinski definition) is 1. The molecule has 0 radical (unpaired) electrons. The van der Waals surface area contributed by atoms with Crippen LogP contribution in [0.4, 0.5) is 0 Å². The molecule has 4 fully saturated rings. The molecule has 4 aliphatic rings. The molecule has 0 aliphatic heterocycles. The molecule has 2 heteroatoms. The predicted octanol–water partition coefficient (Wildman–Crippen LogP) is 2.00. The number of carbonyl (C=O) groups is 1. The predicted molar refractivity (Wildman–Crippen MR) is 50.5 cm³/mol. The van der Waals surface area contributed by atoms with Crippen molar-refractivity contribution in [2.45, 2.75) is 26.7 Å². The highest BCUT2D eigenvalue weighted by Crippen LogP contribution is 2.98. The number of hydrogen-bond donors (Lipinski definition) is 1. The molecule has 0 aromatic carbocycles. The average Bonchev–Trinajstić information content (AvgIpc) is 2.15. The van der Waals surface area contributed by atoms with E-state index in [1.807, 2.05) is 0 Å². The molecule has 0 aromatic rings. The van der Waals surface area contributed by atoms with Gasteiger partial charge in [0.2, 0.25) is 0 Å². The van der Waals surface area contributed by atoms with Gasteiger partial charge in [0.15, 0.2) is 0 Å². The molecular weight excluding hydrogens is 176 g/mol. The normalized spacial score (nSPS) is 70.6. The van der Waals surface area contributed by atoms with Gasteiger partial charge in [-0.15, -0.1) is 0 Å². The molecular formula is C12H16O2. The Morgan fingerprint density at radius 1 is 1.29 bits per heavy atom. The van der Waals surface area contributed by atoms with Crippen LogP contribution in [0.2, 0.25) is 0 Å². The Bertz CT molecular complexity index is 341. The molecule has 4 atom stereocenters. The molecule has 4 unspecified atom stereocenters. The Kier molecular flexibility index (Phi) is 0.914. The maximum absolute atomic E-state index is 10.7. The van der Waals surface area contributed by atoms with Gasteiger partial charge in [-0.3, -0.25) is 4.79 Å². The van der Waals surface area contributed by atoms with Gasteiger partial charge in [0.05, 0.1) is 0 Å². The Labute approximate surface area is 83.7 Å². The van der Waals surface area contributed by atoms with Crippen molar-refractivity contribution in [3.63, 3.8) is 0 Å². The van der Waals surface area contributed by atoms with Crippen LogP contribution in [0.1, 0.15) is 26.7 Å². The van der Waals surface area contributed by atoms with Gasteiger partial charge in [-0.05, 0) is 46.8 Å². The molecule has 4 aliphatic carbocycles. The van der Waals surface area contributed by atoms with E-state index < -0.39 is 5.97 Å². The summed E-state index contributed by atoms with van der Waals surface area (Å²) in [7, 11) is 0. The summed E-state index contributed by atoms with van der Waals surface area (Å²) in [6.07, 6.45) is 1.85. The van der Waals surface area contributed by atoms with Crippen molar-refractivity contribution in [3.8, 4) is 0 Å². The zero-order chi connectivity index (χ0) is 9.88. The van der Waals surface area contributed by atoms with Gasteiger partial charge in [-0.25, -0.2) is 0 Å². The van der Waals surface area contributed by atoms with E-state index in [9.17, 15) is 4.79 Å². The Balaban J connectivity index is 1.66. The lowest BCUT2D eigenvalue weighted by molar-refractivity contribution is -0.517. The maximum atomic E-state index is 10.7. The number of aliphatic carboxylic acids is 1. The van der Waals surface area contributed by atoms with Crippen LogP contribution < -0.4 is 0 Å². The third kappa shape index (κ3) is 0.394. The number of rotatable bonds is 2. The molecule has 0 spiro atoms. The largest absolute Gasteiger partial charge is 0.481 e. The first kappa shape index (κ1) is 7.72. The summed E-state index contributed by atoms with van der Waals surface area (Å²) in [6, 6.07) is 0. The second-order valence-corrected chi connectivity index (χ2v) is 6.33. The van der Waals surface area contributed by atoms with E-state index in [4.69, 9.17) is 5.11 Å². The van der Waals surface area contributed by atoms with E-state index >= 15 is 0 Å². The second-order valence-electron chi connectivity index (χ2n) is 6.33. The van der Waals surface area contributed by atoms with Crippen molar-refractivity contribution in [3.05, 3.63) is 0 Å². The molecule has 4 rings (SSSR count). The summed E-state index contributed by atoms with van der Waals surface area (Å²) < 4.78 is 0. The fraction of sp³-hybridized carbons (Fsp3) is 0.917. The first-order valence-electron chi connectivity index (χ1n) is 5.74. The summed E-state index contributed by atoms with van der Waals surface area (Å²) in [6.45, 7) is 4.85. The van der Waals surface area contributed by atoms with E-state index in [2.05, 4.69) is 13.8 Å². The summed E-state index contributed by atoms with van der Waals surface area (Å²) in [5.74, 6) is 3.30. The van der Waals surface area contributed by atoms with Crippen LogP contribution in [-0.2, 0) is 4.79 Å². The van der Waals surface area contributed by atoms with E-state index in [-0.39, 0.29) is 0 Å². The minimum atomic E-state index is -0.586. The summed E-state index contributed by atoms with van der Waals surface area (Å²) in [4.78, 5) is 10.7. The monoisotopic (exact) mass is 192 g/mol. The van der Waals surface area contributed by atoms with Gasteiger partial charge < -0.3 is 5.11 Å². The minimum Gasteiger partial charge on any atom is -0.481 e. The lowest BCUT2D eigenvalue weighted by Gasteiger charge is -2.99. The molecule has 76 valence electrons. The Hall–Kier alpha value is -0.530. The molecule has 0 saturated heterocycles. The van der Waals surface area contributed by atoms with Crippen molar-refractivity contribution in [2.75, 3.05) is 0 Å². The number of carboxylic acid groups (broad SMARTS) is 1. The Morgan fingerprint density at radius 3 is 2.29 bits per heavy atom. The van der Waals surface area contributed by atoms with Crippen LogP contribution in [0, 0.1) is 40.4 Å². The van der Waals surface area contributed by atoms with Crippen molar-refractivity contribution in [1.29, 1.82) is 0 Å². The molecule has 4 saturated carbocycles. The molecule has 0 aromatic heterocycles. The zero-order valence-electron chi connectivity index (χ0n) is 8.66. The van der Waals surface area contributed by atoms with Crippen molar-refractivity contribution >= 4 is 5.97 Å². The highest BCUT2D eigenvalue weighted by molar-refractivity contribution is 5.68. The molecule has 14 heavy (non-hydrogen) atoms. The fourth-order valence-electron chi connectivity index (χ4n) is 6.35.